The van der Waals surface area contributed by atoms with Gasteiger partial charge in [0.1, 0.15) is 9.88 Å². The number of amides is 1. The van der Waals surface area contributed by atoms with Gasteiger partial charge in [0.15, 0.2) is 0 Å². The van der Waals surface area contributed by atoms with E-state index >= 15 is 0 Å². The molecule has 0 bridgehead atoms. The van der Waals surface area contributed by atoms with Crippen molar-refractivity contribution in [3.8, 4) is 10.6 Å². The van der Waals surface area contributed by atoms with Crippen LogP contribution in [0.5, 0.6) is 0 Å². The molecule has 5 nitrogen and oxygen atoms in total. The summed E-state index contributed by atoms with van der Waals surface area (Å²) in [6.07, 6.45) is 0. The highest BCUT2D eigenvalue weighted by Gasteiger charge is 2.16. The smallest absolute Gasteiger partial charge is 0.263 e. The van der Waals surface area contributed by atoms with Crippen LogP contribution in [0.15, 0.2) is 54.6 Å². The van der Waals surface area contributed by atoms with Crippen LogP contribution in [0.4, 0.5) is 0 Å². The molecule has 4 rings (SSSR count). The lowest BCUT2D eigenvalue weighted by Gasteiger charge is -2.32. The molecule has 1 aliphatic heterocycles. The van der Waals surface area contributed by atoms with Crippen molar-refractivity contribution >= 4 is 17.2 Å². The minimum absolute atomic E-state index is 0.0614. The van der Waals surface area contributed by atoms with Crippen molar-refractivity contribution in [3.05, 3.63) is 76.3 Å². The molecule has 0 unspecified atom stereocenters. The first-order valence-electron chi connectivity index (χ1n) is 10.4. The lowest BCUT2D eigenvalue weighted by molar-refractivity contribution is 0.0954. The maximum Gasteiger partial charge on any atom is 0.263 e. The molecule has 2 aromatic carbocycles. The second-order valence-corrected chi connectivity index (χ2v) is 8.88. The van der Waals surface area contributed by atoms with E-state index in [1.165, 1.54) is 16.9 Å². The third kappa shape index (κ3) is 5.14. The van der Waals surface area contributed by atoms with Gasteiger partial charge in [0, 0.05) is 44.8 Å². The molecule has 1 amide bonds. The summed E-state index contributed by atoms with van der Waals surface area (Å²) in [6.45, 7) is 7.90. The number of carbonyl (C=O) groups excluding carboxylic acids is 1. The first-order chi connectivity index (χ1) is 14.6. The Labute approximate surface area is 182 Å². The Morgan fingerprint density at radius 2 is 1.67 bits per heavy atom. The van der Waals surface area contributed by atoms with Gasteiger partial charge in [-0.1, -0.05) is 54.6 Å². The summed E-state index contributed by atoms with van der Waals surface area (Å²) in [5, 5.41) is 3.92. The van der Waals surface area contributed by atoms with Crippen molar-refractivity contribution in [1.82, 2.24) is 20.1 Å². The lowest BCUT2D eigenvalue weighted by atomic mass is 10.1. The van der Waals surface area contributed by atoms with Crippen molar-refractivity contribution in [1.29, 1.82) is 0 Å². The van der Waals surface area contributed by atoms with E-state index in [2.05, 4.69) is 51.4 Å². The van der Waals surface area contributed by atoms with Crippen LogP contribution >= 0.6 is 11.3 Å². The molecule has 1 N–H and O–H groups in total. The van der Waals surface area contributed by atoms with E-state index in [0.717, 1.165) is 54.6 Å². The van der Waals surface area contributed by atoms with E-state index in [4.69, 9.17) is 0 Å². The van der Waals surface area contributed by atoms with Gasteiger partial charge in [-0.15, -0.1) is 11.3 Å². The average Bonchev–Trinajstić information content (AvgIpc) is 3.17. The molecule has 156 valence electrons. The largest absolute Gasteiger partial charge is 0.347 e. The quantitative estimate of drug-likeness (QED) is 0.659. The summed E-state index contributed by atoms with van der Waals surface area (Å²) >= 11 is 1.45. The van der Waals surface area contributed by atoms with E-state index < -0.39 is 0 Å². The molecule has 3 aromatic rings. The number of likely N-dealkylation sites (N-methyl/N-ethyl adjacent to an activating group) is 1. The molecule has 1 aromatic heterocycles. The number of aryl methyl sites for hydroxylation is 1. The van der Waals surface area contributed by atoms with Gasteiger partial charge in [-0.3, -0.25) is 9.69 Å². The van der Waals surface area contributed by atoms with Crippen LogP contribution in [-0.2, 0) is 13.1 Å². The van der Waals surface area contributed by atoms with Crippen molar-refractivity contribution in [2.45, 2.75) is 20.0 Å². The van der Waals surface area contributed by atoms with Crippen molar-refractivity contribution < 1.29 is 4.79 Å². The van der Waals surface area contributed by atoms with Crippen molar-refractivity contribution in [2.24, 2.45) is 0 Å². The second kappa shape index (κ2) is 9.51. The molecule has 0 spiro atoms. The number of hydrogen-bond donors (Lipinski definition) is 1. The lowest BCUT2D eigenvalue weighted by Crippen LogP contribution is -2.43. The predicted molar refractivity (Wildman–Crippen MR) is 123 cm³/mol. The standard InChI is InChI=1S/C24H28N4OS/c1-18-22(30-24(26-18)21-6-4-3-5-7-21)23(29)25-16-19-8-10-20(11-9-19)17-28-14-12-27(2)13-15-28/h3-11H,12-17H2,1-2H3,(H,25,29). The van der Waals surface area contributed by atoms with Gasteiger partial charge in [0.25, 0.3) is 5.91 Å². The van der Waals surface area contributed by atoms with Gasteiger partial charge in [0.2, 0.25) is 0 Å². The first-order valence-corrected chi connectivity index (χ1v) is 11.2. The monoisotopic (exact) mass is 420 g/mol. The third-order valence-corrected chi connectivity index (χ3v) is 6.71. The van der Waals surface area contributed by atoms with E-state index in [1.807, 2.05) is 37.3 Å². The Morgan fingerprint density at radius 3 is 2.37 bits per heavy atom. The van der Waals surface area contributed by atoms with E-state index in [0.29, 0.717) is 11.4 Å². The predicted octanol–water partition coefficient (Wildman–Crippen LogP) is 3.80. The summed E-state index contributed by atoms with van der Waals surface area (Å²) in [7, 11) is 2.18. The number of carbonyl (C=O) groups is 1. The van der Waals surface area contributed by atoms with Crippen LogP contribution in [0.1, 0.15) is 26.5 Å². The topological polar surface area (TPSA) is 48.5 Å². The van der Waals surface area contributed by atoms with Crippen molar-refractivity contribution in [2.75, 3.05) is 33.2 Å². The Kier molecular flexibility index (Phi) is 6.57. The maximum absolute atomic E-state index is 12.7. The van der Waals surface area contributed by atoms with Gasteiger partial charge in [0.05, 0.1) is 5.69 Å². The number of thiazole rings is 1. The number of aromatic nitrogens is 1. The molecule has 0 saturated carbocycles. The SMILES string of the molecule is Cc1nc(-c2ccccc2)sc1C(=O)NCc1ccc(CN2CCN(C)CC2)cc1. The zero-order valence-electron chi connectivity index (χ0n) is 17.6. The van der Waals surface area contributed by atoms with Crippen LogP contribution in [-0.4, -0.2) is 53.9 Å². The third-order valence-electron chi connectivity index (χ3n) is 5.50. The molecular formula is C24H28N4OS. The van der Waals surface area contributed by atoms with Crippen LogP contribution in [0.3, 0.4) is 0 Å². The highest BCUT2D eigenvalue weighted by Crippen LogP contribution is 2.27. The molecule has 30 heavy (non-hydrogen) atoms. The number of benzene rings is 2. The molecule has 6 heteroatoms. The number of rotatable bonds is 6. The molecular weight excluding hydrogens is 392 g/mol. The number of hydrogen-bond acceptors (Lipinski definition) is 5. The number of nitrogens with one attached hydrogen (secondary N) is 1. The molecule has 0 aliphatic carbocycles. The maximum atomic E-state index is 12.7. The zero-order chi connectivity index (χ0) is 20.9. The Hall–Kier alpha value is -2.54. The summed E-state index contributed by atoms with van der Waals surface area (Å²) in [5.41, 5.74) is 4.25. The first kappa shape index (κ1) is 20.7. The molecule has 1 aliphatic rings. The highest BCUT2D eigenvalue weighted by molar-refractivity contribution is 7.17. The fourth-order valence-corrected chi connectivity index (χ4v) is 4.59. The fourth-order valence-electron chi connectivity index (χ4n) is 3.60. The van der Waals surface area contributed by atoms with Crippen LogP contribution in [0.25, 0.3) is 10.6 Å². The van der Waals surface area contributed by atoms with Gasteiger partial charge in [-0.25, -0.2) is 4.98 Å². The molecule has 1 fully saturated rings. The average molecular weight is 421 g/mol. The molecule has 2 heterocycles. The Balaban J connectivity index is 1.32. The van der Waals surface area contributed by atoms with E-state index in [1.54, 1.807) is 0 Å². The normalized spacial score (nSPS) is 15.3. The van der Waals surface area contributed by atoms with E-state index in [9.17, 15) is 4.79 Å². The zero-order valence-corrected chi connectivity index (χ0v) is 18.4. The summed E-state index contributed by atoms with van der Waals surface area (Å²) in [4.78, 5) is 22.8. The second-order valence-electron chi connectivity index (χ2n) is 7.88. The summed E-state index contributed by atoms with van der Waals surface area (Å²) in [6, 6.07) is 18.6. The number of piperazine rings is 1. The minimum Gasteiger partial charge on any atom is -0.347 e. The fraction of sp³-hybridized carbons (Fsp3) is 0.333. The molecule has 0 radical (unpaired) electrons. The number of nitrogens with zero attached hydrogens (tertiary/aromatic N) is 3. The van der Waals surface area contributed by atoms with Crippen molar-refractivity contribution in [3.63, 3.8) is 0 Å². The van der Waals surface area contributed by atoms with E-state index in [-0.39, 0.29) is 5.91 Å². The Morgan fingerprint density at radius 1 is 1.00 bits per heavy atom. The highest BCUT2D eigenvalue weighted by atomic mass is 32.1. The van der Waals surface area contributed by atoms with Gasteiger partial charge in [-0.2, -0.15) is 0 Å². The summed E-state index contributed by atoms with van der Waals surface area (Å²) in [5.74, 6) is -0.0614. The minimum atomic E-state index is -0.0614. The molecule has 1 saturated heterocycles. The van der Waals surface area contributed by atoms with Gasteiger partial charge in [-0.05, 0) is 25.1 Å². The van der Waals surface area contributed by atoms with Gasteiger partial charge < -0.3 is 10.2 Å². The van der Waals surface area contributed by atoms with Crippen LogP contribution in [0, 0.1) is 6.92 Å². The van der Waals surface area contributed by atoms with Crippen LogP contribution < -0.4 is 5.32 Å². The summed E-state index contributed by atoms with van der Waals surface area (Å²) < 4.78 is 0. The van der Waals surface area contributed by atoms with Gasteiger partial charge >= 0.3 is 0 Å². The molecule has 0 atom stereocenters. The van der Waals surface area contributed by atoms with Crippen LogP contribution in [0.2, 0.25) is 0 Å². The Bertz CT molecular complexity index is 976.